The third-order valence-electron chi connectivity index (χ3n) is 6.81. The highest BCUT2D eigenvalue weighted by Crippen LogP contribution is 2.54. The van der Waals surface area contributed by atoms with Gasteiger partial charge in [0, 0.05) is 11.8 Å². The summed E-state index contributed by atoms with van der Waals surface area (Å²) in [4.78, 5) is 4.68. The average Bonchev–Trinajstić information content (AvgIpc) is 2.62. The van der Waals surface area contributed by atoms with Crippen molar-refractivity contribution in [2.24, 2.45) is 0 Å². The van der Waals surface area contributed by atoms with Crippen LogP contribution in [-0.2, 0) is 10.8 Å². The fourth-order valence-corrected chi connectivity index (χ4v) is 4.19. The van der Waals surface area contributed by atoms with Crippen molar-refractivity contribution in [3.63, 3.8) is 0 Å². The SMILES string of the molecule is Cc1cnc(-c2ccc3c(c2)-c2ccccc2C(C)(C)C3(C)C)cc1C. The zero-order valence-corrected chi connectivity index (χ0v) is 16.6. The summed E-state index contributed by atoms with van der Waals surface area (Å²) >= 11 is 0. The number of nitrogens with zero attached hydrogens (tertiary/aromatic N) is 1. The summed E-state index contributed by atoms with van der Waals surface area (Å²) in [5.74, 6) is 0. The molecule has 0 saturated heterocycles. The van der Waals surface area contributed by atoms with Crippen molar-refractivity contribution in [3.8, 4) is 22.4 Å². The van der Waals surface area contributed by atoms with Gasteiger partial charge in [-0.25, -0.2) is 0 Å². The molecule has 1 nitrogen and oxygen atoms in total. The molecule has 1 aliphatic carbocycles. The number of benzene rings is 2. The molecule has 4 rings (SSSR count). The second-order valence-electron chi connectivity index (χ2n) is 8.71. The van der Waals surface area contributed by atoms with Gasteiger partial charge < -0.3 is 0 Å². The molecule has 0 radical (unpaired) electrons. The maximum Gasteiger partial charge on any atom is 0.0705 e. The molecule has 0 atom stereocenters. The molecule has 0 bridgehead atoms. The van der Waals surface area contributed by atoms with Gasteiger partial charge in [0.25, 0.3) is 0 Å². The molecule has 1 heterocycles. The van der Waals surface area contributed by atoms with Crippen LogP contribution in [0.1, 0.15) is 49.9 Å². The molecule has 26 heavy (non-hydrogen) atoms. The summed E-state index contributed by atoms with van der Waals surface area (Å²) < 4.78 is 0. The second-order valence-corrected chi connectivity index (χ2v) is 8.71. The first-order valence-electron chi connectivity index (χ1n) is 9.41. The molecule has 1 aliphatic rings. The van der Waals surface area contributed by atoms with Gasteiger partial charge in [0.05, 0.1) is 5.69 Å². The third kappa shape index (κ3) is 2.26. The summed E-state index contributed by atoms with van der Waals surface area (Å²) in [6, 6.07) is 18.0. The lowest BCUT2D eigenvalue weighted by Gasteiger charge is -2.48. The molecule has 0 N–H and O–H groups in total. The van der Waals surface area contributed by atoms with E-state index in [1.54, 1.807) is 0 Å². The van der Waals surface area contributed by atoms with Crippen LogP contribution in [0.5, 0.6) is 0 Å². The molecular formula is C25H27N. The van der Waals surface area contributed by atoms with Crippen molar-refractivity contribution < 1.29 is 0 Å². The van der Waals surface area contributed by atoms with E-state index in [0.717, 1.165) is 5.69 Å². The molecule has 0 amide bonds. The van der Waals surface area contributed by atoms with Gasteiger partial charge in [0.15, 0.2) is 0 Å². The lowest BCUT2D eigenvalue weighted by molar-refractivity contribution is 0.299. The fraction of sp³-hybridized carbons (Fsp3) is 0.320. The number of rotatable bonds is 1. The average molecular weight is 341 g/mol. The third-order valence-corrected chi connectivity index (χ3v) is 6.81. The van der Waals surface area contributed by atoms with Gasteiger partial charge in [-0.05, 0) is 70.2 Å². The number of hydrogen-bond donors (Lipinski definition) is 0. The van der Waals surface area contributed by atoms with Gasteiger partial charge in [0.2, 0.25) is 0 Å². The predicted octanol–water partition coefficient (Wildman–Crippen LogP) is 6.60. The van der Waals surface area contributed by atoms with E-state index in [4.69, 9.17) is 0 Å². The Morgan fingerprint density at radius 3 is 2.04 bits per heavy atom. The van der Waals surface area contributed by atoms with Crippen molar-refractivity contribution in [1.29, 1.82) is 0 Å². The Kier molecular flexibility index (Phi) is 3.63. The normalized spacial score (nSPS) is 16.7. The van der Waals surface area contributed by atoms with Gasteiger partial charge in [-0.3, -0.25) is 4.98 Å². The van der Waals surface area contributed by atoms with Crippen molar-refractivity contribution in [3.05, 3.63) is 77.0 Å². The predicted molar refractivity (Wildman–Crippen MR) is 111 cm³/mol. The topological polar surface area (TPSA) is 12.9 Å². The van der Waals surface area contributed by atoms with E-state index in [1.165, 1.54) is 38.9 Å². The maximum absolute atomic E-state index is 4.68. The molecule has 132 valence electrons. The standard InChI is InChI=1S/C25H27N/c1-16-13-23(26-15-17(16)2)18-11-12-22-20(14-18)19-9-7-8-10-21(19)24(3,4)25(22,5)6/h7-15H,1-6H3. The fourth-order valence-electron chi connectivity index (χ4n) is 4.19. The number of aryl methyl sites for hydroxylation is 2. The van der Waals surface area contributed by atoms with Crippen LogP contribution in [0.15, 0.2) is 54.7 Å². The largest absolute Gasteiger partial charge is 0.256 e. The van der Waals surface area contributed by atoms with Crippen LogP contribution in [0.2, 0.25) is 0 Å². The summed E-state index contributed by atoms with van der Waals surface area (Å²) in [7, 11) is 0. The monoisotopic (exact) mass is 341 g/mol. The van der Waals surface area contributed by atoms with Crippen molar-refractivity contribution in [2.45, 2.75) is 52.4 Å². The minimum atomic E-state index is 0.0613. The highest BCUT2D eigenvalue weighted by molar-refractivity contribution is 5.81. The lowest BCUT2D eigenvalue weighted by atomic mass is 9.55. The highest BCUT2D eigenvalue weighted by Gasteiger charge is 2.45. The van der Waals surface area contributed by atoms with Crippen molar-refractivity contribution >= 4 is 0 Å². The highest BCUT2D eigenvalue weighted by atomic mass is 14.7. The molecule has 0 unspecified atom stereocenters. The zero-order chi connectivity index (χ0) is 18.7. The van der Waals surface area contributed by atoms with Gasteiger partial charge in [-0.1, -0.05) is 64.1 Å². The van der Waals surface area contributed by atoms with Gasteiger partial charge in [-0.2, -0.15) is 0 Å². The molecule has 0 saturated carbocycles. The Labute approximate surface area is 157 Å². The van der Waals surface area contributed by atoms with Gasteiger partial charge in [0.1, 0.15) is 0 Å². The molecule has 0 fully saturated rings. The molecule has 2 aromatic carbocycles. The second kappa shape index (κ2) is 5.54. The van der Waals surface area contributed by atoms with E-state index in [-0.39, 0.29) is 10.8 Å². The van der Waals surface area contributed by atoms with E-state index in [1.807, 2.05) is 6.20 Å². The van der Waals surface area contributed by atoms with Crippen LogP contribution in [0.25, 0.3) is 22.4 Å². The Balaban J connectivity index is 1.97. The number of hydrogen-bond acceptors (Lipinski definition) is 1. The van der Waals surface area contributed by atoms with Crippen LogP contribution in [-0.4, -0.2) is 4.98 Å². The molecule has 1 aromatic heterocycles. The van der Waals surface area contributed by atoms with E-state index in [2.05, 4.69) is 95.1 Å². The first kappa shape index (κ1) is 17.0. The Morgan fingerprint density at radius 1 is 0.692 bits per heavy atom. The van der Waals surface area contributed by atoms with Crippen LogP contribution in [0, 0.1) is 13.8 Å². The number of fused-ring (bicyclic) bond motifs is 3. The van der Waals surface area contributed by atoms with Crippen LogP contribution < -0.4 is 0 Å². The molecule has 0 aliphatic heterocycles. The van der Waals surface area contributed by atoms with Crippen molar-refractivity contribution in [1.82, 2.24) is 4.98 Å². The smallest absolute Gasteiger partial charge is 0.0705 e. The van der Waals surface area contributed by atoms with E-state index < -0.39 is 0 Å². The van der Waals surface area contributed by atoms with Crippen LogP contribution in [0.3, 0.4) is 0 Å². The number of aromatic nitrogens is 1. The summed E-state index contributed by atoms with van der Waals surface area (Å²) in [6.45, 7) is 13.7. The first-order valence-corrected chi connectivity index (χ1v) is 9.41. The van der Waals surface area contributed by atoms with Gasteiger partial charge >= 0.3 is 0 Å². The van der Waals surface area contributed by atoms with E-state index in [0.29, 0.717) is 0 Å². The summed E-state index contributed by atoms with van der Waals surface area (Å²) in [6.07, 6.45) is 1.98. The lowest BCUT2D eigenvalue weighted by Crippen LogP contribution is -2.43. The summed E-state index contributed by atoms with van der Waals surface area (Å²) in [5.41, 5.74) is 10.5. The Bertz CT molecular complexity index is 1010. The van der Waals surface area contributed by atoms with Gasteiger partial charge in [-0.15, -0.1) is 0 Å². The quantitative estimate of drug-likeness (QED) is 0.486. The van der Waals surface area contributed by atoms with E-state index in [9.17, 15) is 0 Å². The summed E-state index contributed by atoms with van der Waals surface area (Å²) in [5, 5.41) is 0. The van der Waals surface area contributed by atoms with Crippen LogP contribution >= 0.6 is 0 Å². The maximum atomic E-state index is 4.68. The minimum absolute atomic E-state index is 0.0613. The Morgan fingerprint density at radius 2 is 1.35 bits per heavy atom. The number of pyridine rings is 1. The molecule has 1 heteroatoms. The zero-order valence-electron chi connectivity index (χ0n) is 16.6. The molecule has 3 aromatic rings. The molecule has 0 spiro atoms. The molecular weight excluding hydrogens is 314 g/mol. The Hall–Kier alpha value is -2.41. The van der Waals surface area contributed by atoms with Crippen LogP contribution in [0.4, 0.5) is 0 Å². The van der Waals surface area contributed by atoms with Crippen molar-refractivity contribution in [2.75, 3.05) is 0 Å². The minimum Gasteiger partial charge on any atom is -0.256 e. The van der Waals surface area contributed by atoms with E-state index >= 15 is 0 Å². The first-order chi connectivity index (χ1) is 12.2.